The Hall–Kier alpha value is -3.41. The first-order valence-electron chi connectivity index (χ1n) is 9.88. The van der Waals surface area contributed by atoms with Crippen LogP contribution in [0.2, 0.25) is 0 Å². The molecule has 31 heavy (non-hydrogen) atoms. The van der Waals surface area contributed by atoms with E-state index in [2.05, 4.69) is 115 Å². The number of halogens is 4. The van der Waals surface area contributed by atoms with E-state index < -0.39 is 7.25 Å². The largest absolute Gasteiger partial charge is 0.673 e. The Bertz CT molecular complexity index is 1090. The highest BCUT2D eigenvalue weighted by Gasteiger charge is 2.21. The monoisotopic (exact) mass is 423 g/mol. The van der Waals surface area contributed by atoms with E-state index in [1.165, 1.54) is 33.6 Å². The molecule has 6 heteroatoms. The molecule has 0 saturated heterocycles. The third kappa shape index (κ3) is 6.81. The lowest BCUT2D eigenvalue weighted by Gasteiger charge is -2.11. The third-order valence-corrected chi connectivity index (χ3v) is 4.73. The van der Waals surface area contributed by atoms with Crippen molar-refractivity contribution in [3.8, 4) is 22.4 Å². The summed E-state index contributed by atoms with van der Waals surface area (Å²) in [7, 11) is -6.00. The van der Waals surface area contributed by atoms with E-state index in [0.717, 1.165) is 6.54 Å². The van der Waals surface area contributed by atoms with E-state index in [9.17, 15) is 17.3 Å². The number of benzene rings is 3. The number of aromatic nitrogens is 1. The van der Waals surface area contributed by atoms with Gasteiger partial charge >= 0.3 is 7.25 Å². The van der Waals surface area contributed by atoms with Gasteiger partial charge in [-0.3, -0.25) is 0 Å². The molecule has 1 aromatic heterocycles. The zero-order valence-corrected chi connectivity index (χ0v) is 17.1. The molecule has 158 valence electrons. The minimum absolute atomic E-state index is 0.867. The quantitative estimate of drug-likeness (QED) is 0.190. The average molecular weight is 423 g/mol. The first-order chi connectivity index (χ1) is 14.8. The summed E-state index contributed by atoms with van der Waals surface area (Å²) in [5.41, 5.74) is 7.56. The molecule has 0 fully saturated rings. The van der Waals surface area contributed by atoms with E-state index in [1.807, 2.05) is 0 Å². The van der Waals surface area contributed by atoms with Crippen LogP contribution in [0.5, 0.6) is 0 Å². The lowest BCUT2D eigenvalue weighted by molar-refractivity contribution is -0.683. The van der Waals surface area contributed by atoms with Gasteiger partial charge in [-0.2, -0.15) is 4.57 Å². The Labute approximate surface area is 179 Å². The van der Waals surface area contributed by atoms with Crippen molar-refractivity contribution >= 4 is 7.25 Å². The Morgan fingerprint density at radius 2 is 1.06 bits per heavy atom. The van der Waals surface area contributed by atoms with Gasteiger partial charge in [-0.05, 0) is 23.3 Å². The fourth-order valence-corrected chi connectivity index (χ4v) is 3.38. The Kier molecular flexibility index (Phi) is 7.24. The molecule has 0 saturated carbocycles. The number of hydrogen-bond acceptors (Lipinski definition) is 0. The van der Waals surface area contributed by atoms with Gasteiger partial charge in [-0.25, -0.2) is 0 Å². The Morgan fingerprint density at radius 1 is 0.613 bits per heavy atom. The number of aryl methyl sites for hydroxylation is 1. The van der Waals surface area contributed by atoms with Gasteiger partial charge in [0.05, 0.1) is 0 Å². The highest BCUT2D eigenvalue weighted by Crippen LogP contribution is 2.25. The summed E-state index contributed by atoms with van der Waals surface area (Å²) in [6.07, 6.45) is 0. The number of hydrogen-bond donors (Lipinski definition) is 0. The van der Waals surface area contributed by atoms with Gasteiger partial charge < -0.3 is 17.3 Å². The van der Waals surface area contributed by atoms with Gasteiger partial charge in [-0.1, -0.05) is 78.9 Å². The number of rotatable bonds is 4. The lowest BCUT2D eigenvalue weighted by atomic mass is 10.0. The molecule has 4 aromatic rings. The highest BCUT2D eigenvalue weighted by molar-refractivity contribution is 6.50. The van der Waals surface area contributed by atoms with Crippen LogP contribution in [0.1, 0.15) is 11.3 Å². The van der Waals surface area contributed by atoms with E-state index in [4.69, 9.17) is 0 Å². The minimum Gasteiger partial charge on any atom is -0.418 e. The molecule has 0 spiro atoms. The molecule has 0 aliphatic heterocycles. The van der Waals surface area contributed by atoms with Crippen molar-refractivity contribution in [2.24, 2.45) is 0 Å². The summed E-state index contributed by atoms with van der Waals surface area (Å²) in [6, 6.07) is 36.5. The van der Waals surface area contributed by atoms with Crippen LogP contribution in [0.4, 0.5) is 17.3 Å². The maximum absolute atomic E-state index is 9.75. The fraction of sp³-hybridized carbons (Fsp3) is 0.0800. The minimum atomic E-state index is -6.00. The van der Waals surface area contributed by atoms with Crippen LogP contribution >= 0.6 is 0 Å². The molecule has 0 atom stereocenters. The summed E-state index contributed by atoms with van der Waals surface area (Å²) >= 11 is 0. The van der Waals surface area contributed by atoms with Gasteiger partial charge in [0.2, 0.25) is 5.69 Å². The van der Waals surface area contributed by atoms with Crippen LogP contribution in [0.25, 0.3) is 22.4 Å². The van der Waals surface area contributed by atoms with Crippen molar-refractivity contribution in [2.45, 2.75) is 13.5 Å². The second kappa shape index (κ2) is 10.1. The maximum Gasteiger partial charge on any atom is 0.673 e. The Morgan fingerprint density at radius 3 is 1.58 bits per heavy atom. The molecule has 4 rings (SSSR count). The molecule has 0 amide bonds. The summed E-state index contributed by atoms with van der Waals surface area (Å²) in [6.45, 7) is 3.06. The van der Waals surface area contributed by atoms with Gasteiger partial charge in [-0.15, -0.1) is 0 Å². The van der Waals surface area contributed by atoms with Crippen LogP contribution in [0.3, 0.4) is 0 Å². The van der Waals surface area contributed by atoms with Gasteiger partial charge in [0.15, 0.2) is 12.2 Å². The van der Waals surface area contributed by atoms with Gasteiger partial charge in [0.1, 0.15) is 0 Å². The topological polar surface area (TPSA) is 3.88 Å². The lowest BCUT2D eigenvalue weighted by Crippen LogP contribution is -2.40. The molecule has 0 bridgehead atoms. The van der Waals surface area contributed by atoms with Crippen LogP contribution in [0.15, 0.2) is 103 Å². The molecule has 0 radical (unpaired) electrons. The zero-order chi connectivity index (χ0) is 22.3. The molecule has 0 aliphatic rings. The first kappa shape index (κ1) is 22.3. The molecular weight excluding hydrogens is 401 g/mol. The standard InChI is InChI=1S/C25H22N.BF4/c1-20-17-24(22-13-7-3-8-14-22)18-25(23-15-9-4-10-16-23)26(20)19-21-11-5-2-6-12-21;2-1(3,4)5/h2-18H,19H2,1H3;/q+1;-1. The predicted molar refractivity (Wildman–Crippen MR) is 118 cm³/mol. The molecule has 1 nitrogen and oxygen atoms in total. The van der Waals surface area contributed by atoms with Crippen molar-refractivity contribution in [2.75, 3.05) is 0 Å². The van der Waals surface area contributed by atoms with Crippen molar-refractivity contribution in [1.82, 2.24) is 0 Å². The second-order valence-electron chi connectivity index (χ2n) is 7.07. The second-order valence-corrected chi connectivity index (χ2v) is 7.07. The number of pyridine rings is 1. The smallest absolute Gasteiger partial charge is 0.418 e. The van der Waals surface area contributed by atoms with Gasteiger partial charge in [0.25, 0.3) is 0 Å². The van der Waals surface area contributed by atoms with E-state index in [-0.39, 0.29) is 0 Å². The highest BCUT2D eigenvalue weighted by atomic mass is 19.5. The normalized spacial score (nSPS) is 10.9. The van der Waals surface area contributed by atoms with Crippen molar-refractivity contribution in [3.63, 3.8) is 0 Å². The van der Waals surface area contributed by atoms with Crippen LogP contribution in [-0.2, 0) is 6.54 Å². The molecular formula is C25H22BF4N. The SMILES string of the molecule is Cc1cc(-c2ccccc2)cc(-c2ccccc2)[n+]1Cc1ccccc1.F[B-](F)(F)F. The van der Waals surface area contributed by atoms with E-state index >= 15 is 0 Å². The number of nitrogens with zero attached hydrogens (tertiary/aromatic N) is 1. The molecule has 3 aromatic carbocycles. The van der Waals surface area contributed by atoms with E-state index in [1.54, 1.807) is 0 Å². The maximum atomic E-state index is 9.75. The molecule has 0 aliphatic carbocycles. The summed E-state index contributed by atoms with van der Waals surface area (Å²) in [5.74, 6) is 0. The van der Waals surface area contributed by atoms with E-state index in [0.29, 0.717) is 0 Å². The van der Waals surface area contributed by atoms with Gasteiger partial charge in [0, 0.05) is 30.2 Å². The van der Waals surface area contributed by atoms with Crippen LogP contribution in [0, 0.1) is 6.92 Å². The molecule has 0 N–H and O–H groups in total. The van der Waals surface area contributed by atoms with Crippen molar-refractivity contribution in [1.29, 1.82) is 0 Å². The third-order valence-electron chi connectivity index (χ3n) is 4.73. The van der Waals surface area contributed by atoms with Crippen LogP contribution < -0.4 is 4.57 Å². The van der Waals surface area contributed by atoms with Crippen LogP contribution in [-0.4, -0.2) is 7.25 Å². The summed E-state index contributed by atoms with van der Waals surface area (Å²) in [4.78, 5) is 0. The Balaban J connectivity index is 0.000000491. The summed E-state index contributed by atoms with van der Waals surface area (Å²) in [5, 5.41) is 0. The average Bonchev–Trinajstić information content (AvgIpc) is 2.76. The van der Waals surface area contributed by atoms with Crippen molar-refractivity contribution < 1.29 is 21.8 Å². The summed E-state index contributed by atoms with van der Waals surface area (Å²) < 4.78 is 41.4. The zero-order valence-electron chi connectivity index (χ0n) is 17.1. The fourth-order valence-electron chi connectivity index (χ4n) is 3.38. The molecule has 1 heterocycles. The first-order valence-corrected chi connectivity index (χ1v) is 9.88. The molecule has 0 unspecified atom stereocenters. The predicted octanol–water partition coefficient (Wildman–Crippen LogP) is 6.96. The van der Waals surface area contributed by atoms with Crippen molar-refractivity contribution in [3.05, 3.63) is 114 Å².